The molecule has 2 aliphatic heterocycles. The topological polar surface area (TPSA) is 79.5 Å². The number of benzene rings is 3. The maximum atomic E-state index is 13.9. The number of carbonyl (C=O) groups excluding carboxylic acids is 2. The Labute approximate surface area is 252 Å². The van der Waals surface area contributed by atoms with Crippen molar-refractivity contribution in [2.75, 3.05) is 4.90 Å². The van der Waals surface area contributed by atoms with Crippen LogP contribution in [0.4, 0.5) is 5.69 Å². The monoisotopic (exact) mass is 594 g/mol. The molecular weight excluding hydrogens is 565 g/mol. The highest BCUT2D eigenvalue weighted by atomic mass is 32.2. The number of aromatic nitrogens is 1. The van der Waals surface area contributed by atoms with Crippen LogP contribution in [0, 0.1) is 43.4 Å². The van der Waals surface area contributed by atoms with E-state index in [1.807, 2.05) is 43.3 Å². The molecule has 1 N–H and O–H groups in total. The molecule has 3 fully saturated rings. The van der Waals surface area contributed by atoms with Crippen molar-refractivity contribution in [1.82, 2.24) is 4.98 Å². The molecule has 4 aliphatic rings. The molecule has 8 rings (SSSR count). The lowest BCUT2D eigenvalue weighted by molar-refractivity contribution is -0.123. The predicted octanol–water partition coefficient (Wildman–Crippen LogP) is 6.31. The largest absolute Gasteiger partial charge is 0.489 e. The van der Waals surface area contributed by atoms with Crippen LogP contribution in [0.5, 0.6) is 5.75 Å². The first-order valence-electron chi connectivity index (χ1n) is 14.5. The smallest absolute Gasteiger partial charge is 0.305 e. The number of aryl methyl sites for hydroxylation is 2. The average molecular weight is 595 g/mol. The minimum absolute atomic E-state index is 0.00590. The Morgan fingerprint density at radius 3 is 2.17 bits per heavy atom. The number of rotatable bonds is 5. The van der Waals surface area contributed by atoms with Crippen LogP contribution < -0.4 is 14.5 Å². The number of ether oxygens (including phenoxy) is 1. The summed E-state index contributed by atoms with van der Waals surface area (Å²) in [6, 6.07) is 24.2. The van der Waals surface area contributed by atoms with Crippen molar-refractivity contribution in [2.45, 2.75) is 43.1 Å². The number of hydrogen-bond donors (Lipinski definition) is 1. The first-order chi connectivity index (χ1) is 20.4. The number of carbonyl (C=O) groups is 2. The fourth-order valence-corrected chi connectivity index (χ4v) is 10.8. The van der Waals surface area contributed by atoms with Gasteiger partial charge in [0.25, 0.3) is 0 Å². The van der Waals surface area contributed by atoms with Crippen molar-refractivity contribution in [3.05, 3.63) is 110 Å². The van der Waals surface area contributed by atoms with E-state index in [-0.39, 0.29) is 57.4 Å². The number of fused-ring (bicyclic) bond motifs is 9. The fraction of sp³-hybridized carbons (Fsp3) is 0.324. The standard InChI is InChI=1S/C34H30N2O4S2/c1-17-3-7-19(8-4-17)16-40-22-13-9-20(10-14-22)25-26-23-15-24(29(26)41-31-30(25)42-34(39)35-31)28-27(23)32(37)36(33(28)38)21-11-5-18(2)6-12-21/h3-14,23-29H,15-16H2,1-2H3,(H,35,39)/t23?,24?,25-,26?,27?,28?,29?/m1/s1. The molecule has 2 saturated carbocycles. The van der Waals surface area contributed by atoms with Crippen molar-refractivity contribution in [1.29, 1.82) is 0 Å². The zero-order valence-electron chi connectivity index (χ0n) is 23.3. The van der Waals surface area contributed by atoms with Crippen molar-refractivity contribution in [3.63, 3.8) is 0 Å². The van der Waals surface area contributed by atoms with Crippen LogP contribution in [0.25, 0.3) is 0 Å². The first kappa shape index (κ1) is 26.0. The van der Waals surface area contributed by atoms with Crippen LogP contribution in [0.15, 0.2) is 82.6 Å². The highest BCUT2D eigenvalue weighted by molar-refractivity contribution is 8.00. The number of amides is 2. The van der Waals surface area contributed by atoms with Crippen molar-refractivity contribution >= 4 is 40.6 Å². The van der Waals surface area contributed by atoms with Gasteiger partial charge in [-0.15, -0.1) is 11.8 Å². The fourth-order valence-electron chi connectivity index (χ4n) is 7.96. The number of thioether (sulfide) groups is 1. The number of nitrogens with zero attached hydrogens (tertiary/aromatic N) is 1. The molecule has 6 nitrogen and oxygen atoms in total. The summed E-state index contributed by atoms with van der Waals surface area (Å²) in [4.78, 5) is 45.8. The van der Waals surface area contributed by atoms with Crippen LogP contribution >= 0.6 is 23.1 Å². The van der Waals surface area contributed by atoms with Gasteiger partial charge in [-0.3, -0.25) is 19.3 Å². The van der Waals surface area contributed by atoms with Crippen LogP contribution in [0.1, 0.15) is 39.5 Å². The van der Waals surface area contributed by atoms with E-state index in [1.165, 1.54) is 21.8 Å². The SMILES string of the molecule is Cc1ccc(COc2ccc([C@H]3c4sc(=O)[nH]c4SC4C5CC(C6C(=O)N(c7ccc(C)cc7)C(=O)C56)C43)cc2)cc1. The van der Waals surface area contributed by atoms with E-state index in [1.54, 1.807) is 11.8 Å². The highest BCUT2D eigenvalue weighted by Gasteiger charge is 2.69. The van der Waals surface area contributed by atoms with Crippen LogP contribution in [0.3, 0.4) is 0 Å². The molecule has 1 aromatic heterocycles. The maximum Gasteiger partial charge on any atom is 0.305 e. The molecule has 42 heavy (non-hydrogen) atoms. The van der Waals surface area contributed by atoms with Gasteiger partial charge in [-0.25, -0.2) is 0 Å². The van der Waals surface area contributed by atoms with Gasteiger partial charge in [-0.05, 0) is 73.4 Å². The Balaban J connectivity index is 1.11. The van der Waals surface area contributed by atoms with Gasteiger partial charge in [0.1, 0.15) is 12.4 Å². The molecule has 7 atom stereocenters. The van der Waals surface area contributed by atoms with E-state index in [4.69, 9.17) is 4.74 Å². The van der Waals surface area contributed by atoms with E-state index in [9.17, 15) is 14.4 Å². The Hall–Kier alpha value is -3.62. The average Bonchev–Trinajstić information content (AvgIpc) is 3.72. The van der Waals surface area contributed by atoms with E-state index >= 15 is 0 Å². The molecule has 3 heterocycles. The number of nitrogens with one attached hydrogen (secondary N) is 1. The lowest BCUT2D eigenvalue weighted by atomic mass is 9.68. The third kappa shape index (κ3) is 3.95. The van der Waals surface area contributed by atoms with Crippen molar-refractivity contribution < 1.29 is 14.3 Å². The minimum atomic E-state index is -0.303. The van der Waals surface area contributed by atoms with Crippen LogP contribution in [-0.4, -0.2) is 22.0 Å². The van der Waals surface area contributed by atoms with Gasteiger partial charge >= 0.3 is 4.87 Å². The summed E-state index contributed by atoms with van der Waals surface area (Å²) in [5.41, 5.74) is 5.22. The van der Waals surface area contributed by atoms with E-state index in [0.717, 1.165) is 38.8 Å². The van der Waals surface area contributed by atoms with Gasteiger partial charge in [-0.2, -0.15) is 0 Å². The molecule has 2 aliphatic carbocycles. The van der Waals surface area contributed by atoms with Crippen LogP contribution in [0.2, 0.25) is 0 Å². The van der Waals surface area contributed by atoms with E-state index < -0.39 is 0 Å². The normalized spacial score (nSPS) is 29.0. The van der Waals surface area contributed by atoms with Gasteiger partial charge < -0.3 is 9.72 Å². The van der Waals surface area contributed by atoms with Gasteiger partial charge in [-0.1, -0.05) is 71.0 Å². The molecule has 212 valence electrons. The number of imide groups is 1. The summed E-state index contributed by atoms with van der Waals surface area (Å²) in [6.07, 6.45) is 0.879. The minimum Gasteiger partial charge on any atom is -0.489 e. The second-order valence-corrected chi connectivity index (χ2v) is 14.4. The second kappa shape index (κ2) is 9.71. The number of aromatic amines is 1. The van der Waals surface area contributed by atoms with E-state index in [0.29, 0.717) is 12.3 Å². The molecule has 0 radical (unpaired) electrons. The lowest BCUT2D eigenvalue weighted by Gasteiger charge is -2.43. The number of anilines is 1. The van der Waals surface area contributed by atoms with Gasteiger partial charge in [0.15, 0.2) is 0 Å². The molecule has 8 heteroatoms. The third-order valence-electron chi connectivity index (χ3n) is 9.78. The quantitative estimate of drug-likeness (QED) is 0.274. The van der Waals surface area contributed by atoms with Crippen molar-refractivity contribution in [2.24, 2.45) is 29.6 Å². The molecule has 2 amide bonds. The zero-order chi connectivity index (χ0) is 28.7. The molecule has 3 aromatic carbocycles. The number of hydrogen-bond acceptors (Lipinski definition) is 6. The third-order valence-corrected chi connectivity index (χ3v) is 12.4. The number of H-pyrrole nitrogens is 1. The highest BCUT2D eigenvalue weighted by Crippen LogP contribution is 2.68. The maximum absolute atomic E-state index is 13.9. The summed E-state index contributed by atoms with van der Waals surface area (Å²) in [6.45, 7) is 4.57. The molecule has 1 saturated heterocycles. The Bertz CT molecular complexity index is 1760. The molecule has 2 bridgehead atoms. The second-order valence-electron chi connectivity index (χ2n) is 12.2. The summed E-state index contributed by atoms with van der Waals surface area (Å²) in [5, 5.41) is 1.10. The summed E-state index contributed by atoms with van der Waals surface area (Å²) in [5.74, 6) is 0.457. The Morgan fingerprint density at radius 1 is 0.833 bits per heavy atom. The zero-order valence-corrected chi connectivity index (χ0v) is 24.9. The van der Waals surface area contributed by atoms with Crippen LogP contribution in [-0.2, 0) is 16.2 Å². The molecule has 4 aromatic rings. The van der Waals surface area contributed by atoms with Gasteiger partial charge in [0.05, 0.1) is 22.5 Å². The molecule has 0 spiro atoms. The lowest BCUT2D eigenvalue weighted by Crippen LogP contribution is -2.42. The Morgan fingerprint density at radius 2 is 1.48 bits per heavy atom. The number of thiazole rings is 1. The van der Waals surface area contributed by atoms with Gasteiger partial charge in [0.2, 0.25) is 11.8 Å². The summed E-state index contributed by atoms with van der Waals surface area (Å²) in [7, 11) is 0. The molecule has 6 unspecified atom stereocenters. The van der Waals surface area contributed by atoms with Crippen molar-refractivity contribution in [3.8, 4) is 5.75 Å². The van der Waals surface area contributed by atoms with E-state index in [2.05, 4.69) is 48.3 Å². The van der Waals surface area contributed by atoms with Gasteiger partial charge in [0, 0.05) is 16.0 Å². The molecular formula is C34H30N2O4S2. The predicted molar refractivity (Wildman–Crippen MR) is 164 cm³/mol. The Kier molecular flexibility index (Phi) is 6.02. The summed E-state index contributed by atoms with van der Waals surface area (Å²) < 4.78 is 6.08. The first-order valence-corrected chi connectivity index (χ1v) is 16.2. The summed E-state index contributed by atoms with van der Waals surface area (Å²) >= 11 is 3.00.